The quantitative estimate of drug-likeness (QED) is 0.774. The summed E-state index contributed by atoms with van der Waals surface area (Å²) in [5, 5.41) is 3.39. The number of benzene rings is 1. The minimum absolute atomic E-state index is 0.743. The Bertz CT molecular complexity index is 532. The molecule has 0 fully saturated rings. The molecule has 0 aliphatic carbocycles. The molecule has 4 heteroatoms. The van der Waals surface area contributed by atoms with Gasteiger partial charge in [0.1, 0.15) is 5.76 Å². The van der Waals surface area contributed by atoms with E-state index in [2.05, 4.69) is 64.3 Å². The van der Waals surface area contributed by atoms with Crippen LogP contribution in [0.15, 0.2) is 45.5 Å². The van der Waals surface area contributed by atoms with Gasteiger partial charge in [0.25, 0.3) is 0 Å². The van der Waals surface area contributed by atoms with Gasteiger partial charge < -0.3 is 9.73 Å². The van der Waals surface area contributed by atoms with Crippen LogP contribution in [0.4, 0.5) is 0 Å². The molecule has 2 aromatic rings. The molecular weight excluding hydrogens is 328 g/mol. The lowest BCUT2D eigenvalue weighted by Gasteiger charge is -2.18. The molecule has 0 atom stereocenters. The second kappa shape index (κ2) is 8.37. The maximum Gasteiger partial charge on any atom is 0.169 e. The first-order valence-corrected chi connectivity index (χ1v) is 8.25. The normalized spacial score (nSPS) is 11.2. The zero-order valence-electron chi connectivity index (χ0n) is 12.7. The highest BCUT2D eigenvalue weighted by Crippen LogP contribution is 2.14. The lowest BCUT2D eigenvalue weighted by Crippen LogP contribution is -2.22. The highest BCUT2D eigenvalue weighted by molar-refractivity contribution is 9.10. The molecule has 2 rings (SSSR count). The van der Waals surface area contributed by atoms with Crippen molar-refractivity contribution in [1.29, 1.82) is 0 Å². The Hall–Kier alpha value is -1.10. The van der Waals surface area contributed by atoms with Crippen molar-refractivity contribution in [1.82, 2.24) is 10.2 Å². The number of hydrogen-bond donors (Lipinski definition) is 1. The molecule has 0 radical (unpaired) electrons. The van der Waals surface area contributed by atoms with E-state index in [-0.39, 0.29) is 0 Å². The molecule has 1 N–H and O–H groups in total. The summed E-state index contributed by atoms with van der Waals surface area (Å²) >= 11 is 3.31. The molecule has 21 heavy (non-hydrogen) atoms. The van der Waals surface area contributed by atoms with Gasteiger partial charge in [0.2, 0.25) is 0 Å². The summed E-state index contributed by atoms with van der Waals surface area (Å²) < 4.78 is 6.24. The van der Waals surface area contributed by atoms with Gasteiger partial charge in [0.05, 0.1) is 6.54 Å². The molecule has 0 spiro atoms. The molecule has 3 nitrogen and oxygen atoms in total. The van der Waals surface area contributed by atoms with Crippen LogP contribution in [0.2, 0.25) is 0 Å². The molecular formula is C17H23BrN2O. The van der Waals surface area contributed by atoms with Crippen molar-refractivity contribution in [2.24, 2.45) is 0 Å². The fourth-order valence-electron chi connectivity index (χ4n) is 2.24. The topological polar surface area (TPSA) is 28.4 Å². The SMILES string of the molecule is CCN(CC)Cc1ccc(CNCc2ccc(Br)o2)cc1. The number of halogens is 1. The van der Waals surface area contributed by atoms with Gasteiger partial charge in [-0.3, -0.25) is 4.90 Å². The zero-order valence-corrected chi connectivity index (χ0v) is 14.3. The molecule has 0 saturated heterocycles. The van der Waals surface area contributed by atoms with Gasteiger partial charge in [-0.15, -0.1) is 0 Å². The van der Waals surface area contributed by atoms with Gasteiger partial charge in [-0.2, -0.15) is 0 Å². The first-order chi connectivity index (χ1) is 10.2. The number of rotatable bonds is 8. The van der Waals surface area contributed by atoms with Crippen LogP contribution >= 0.6 is 15.9 Å². The fraction of sp³-hybridized carbons (Fsp3) is 0.412. The van der Waals surface area contributed by atoms with Crippen LogP contribution in [-0.4, -0.2) is 18.0 Å². The molecule has 1 aromatic carbocycles. The number of nitrogens with one attached hydrogen (secondary N) is 1. The first-order valence-electron chi connectivity index (χ1n) is 7.46. The van der Waals surface area contributed by atoms with Crippen LogP contribution in [0.5, 0.6) is 0 Å². The molecule has 0 aliphatic heterocycles. The maximum atomic E-state index is 5.46. The van der Waals surface area contributed by atoms with Gasteiger partial charge in [0.15, 0.2) is 4.67 Å². The minimum Gasteiger partial charge on any atom is -0.453 e. The summed E-state index contributed by atoms with van der Waals surface area (Å²) in [5.41, 5.74) is 2.67. The summed E-state index contributed by atoms with van der Waals surface area (Å²) in [7, 11) is 0. The van der Waals surface area contributed by atoms with Crippen molar-refractivity contribution >= 4 is 15.9 Å². The van der Waals surface area contributed by atoms with Gasteiger partial charge in [0, 0.05) is 13.1 Å². The third-order valence-corrected chi connectivity index (χ3v) is 4.01. The number of nitrogens with zero attached hydrogens (tertiary/aromatic N) is 1. The van der Waals surface area contributed by atoms with Crippen molar-refractivity contribution in [2.75, 3.05) is 13.1 Å². The Balaban J connectivity index is 1.79. The standard InChI is InChI=1S/C17H23BrN2O/c1-3-20(4-2)13-15-7-5-14(6-8-15)11-19-12-16-9-10-17(18)21-16/h5-10,19H,3-4,11-13H2,1-2H3. The van der Waals surface area contributed by atoms with Crippen molar-refractivity contribution in [2.45, 2.75) is 33.5 Å². The van der Waals surface area contributed by atoms with E-state index >= 15 is 0 Å². The van der Waals surface area contributed by atoms with E-state index in [9.17, 15) is 0 Å². The van der Waals surface area contributed by atoms with E-state index in [1.54, 1.807) is 0 Å². The van der Waals surface area contributed by atoms with E-state index < -0.39 is 0 Å². The Morgan fingerprint density at radius 2 is 1.62 bits per heavy atom. The summed E-state index contributed by atoms with van der Waals surface area (Å²) in [5.74, 6) is 0.944. The van der Waals surface area contributed by atoms with E-state index in [1.807, 2.05) is 12.1 Å². The molecule has 1 heterocycles. The average Bonchev–Trinajstić information content (AvgIpc) is 2.92. The summed E-state index contributed by atoms with van der Waals surface area (Å²) in [4.78, 5) is 2.42. The lowest BCUT2D eigenvalue weighted by atomic mass is 10.1. The fourth-order valence-corrected chi connectivity index (χ4v) is 2.58. The molecule has 0 unspecified atom stereocenters. The van der Waals surface area contributed by atoms with Crippen LogP contribution in [0.25, 0.3) is 0 Å². The molecule has 1 aromatic heterocycles. The largest absolute Gasteiger partial charge is 0.453 e. The van der Waals surface area contributed by atoms with E-state index in [1.165, 1.54) is 11.1 Å². The molecule has 0 bridgehead atoms. The van der Waals surface area contributed by atoms with Crippen LogP contribution in [-0.2, 0) is 19.6 Å². The Morgan fingerprint density at radius 1 is 0.952 bits per heavy atom. The molecule has 0 amide bonds. The molecule has 0 saturated carbocycles. The predicted octanol–water partition coefficient (Wildman–Crippen LogP) is 4.17. The van der Waals surface area contributed by atoms with E-state index in [4.69, 9.17) is 4.42 Å². The summed E-state index contributed by atoms with van der Waals surface area (Å²) in [6.07, 6.45) is 0. The maximum absolute atomic E-state index is 5.46. The summed E-state index contributed by atoms with van der Waals surface area (Å²) in [6, 6.07) is 12.7. The zero-order chi connectivity index (χ0) is 15.1. The summed E-state index contributed by atoms with van der Waals surface area (Å²) in [6.45, 7) is 9.22. The van der Waals surface area contributed by atoms with Crippen molar-refractivity contribution < 1.29 is 4.42 Å². The second-order valence-electron chi connectivity index (χ2n) is 5.09. The van der Waals surface area contributed by atoms with Gasteiger partial charge in [-0.1, -0.05) is 38.1 Å². The monoisotopic (exact) mass is 350 g/mol. The van der Waals surface area contributed by atoms with Crippen LogP contribution in [0, 0.1) is 0 Å². The Morgan fingerprint density at radius 3 is 2.19 bits per heavy atom. The predicted molar refractivity (Wildman–Crippen MR) is 90.0 cm³/mol. The smallest absolute Gasteiger partial charge is 0.169 e. The van der Waals surface area contributed by atoms with Crippen LogP contribution in [0.1, 0.15) is 30.7 Å². The van der Waals surface area contributed by atoms with Crippen LogP contribution < -0.4 is 5.32 Å². The van der Waals surface area contributed by atoms with Gasteiger partial charge in [-0.25, -0.2) is 0 Å². The highest BCUT2D eigenvalue weighted by atomic mass is 79.9. The van der Waals surface area contributed by atoms with Gasteiger partial charge >= 0.3 is 0 Å². The first kappa shape index (κ1) is 16.3. The third-order valence-electron chi connectivity index (χ3n) is 3.58. The van der Waals surface area contributed by atoms with Crippen LogP contribution in [0.3, 0.4) is 0 Å². The third kappa shape index (κ3) is 5.30. The van der Waals surface area contributed by atoms with Crippen molar-refractivity contribution in [3.05, 3.63) is 58.0 Å². The Labute approximate surface area is 135 Å². The number of furan rings is 1. The van der Waals surface area contributed by atoms with Gasteiger partial charge in [-0.05, 0) is 52.3 Å². The van der Waals surface area contributed by atoms with E-state index in [0.717, 1.165) is 43.2 Å². The Kier molecular flexibility index (Phi) is 6.49. The lowest BCUT2D eigenvalue weighted by molar-refractivity contribution is 0.296. The van der Waals surface area contributed by atoms with Crippen molar-refractivity contribution in [3.63, 3.8) is 0 Å². The second-order valence-corrected chi connectivity index (χ2v) is 5.87. The number of hydrogen-bond acceptors (Lipinski definition) is 3. The highest BCUT2D eigenvalue weighted by Gasteiger charge is 2.02. The van der Waals surface area contributed by atoms with Crippen molar-refractivity contribution in [3.8, 4) is 0 Å². The van der Waals surface area contributed by atoms with E-state index in [0.29, 0.717) is 0 Å². The molecule has 0 aliphatic rings. The average molecular weight is 351 g/mol. The minimum atomic E-state index is 0.743. The molecule has 114 valence electrons.